The highest BCUT2D eigenvalue weighted by molar-refractivity contribution is 6.35. The predicted molar refractivity (Wildman–Crippen MR) is 51.0 cm³/mol. The summed E-state index contributed by atoms with van der Waals surface area (Å²) in [6, 6.07) is 2.56. The quantitative estimate of drug-likeness (QED) is 0.549. The van der Waals surface area contributed by atoms with Gasteiger partial charge >= 0.3 is 0 Å². The summed E-state index contributed by atoms with van der Waals surface area (Å²) in [4.78, 5) is 11.2. The molecular weight excluding hydrogens is 214 g/mol. The minimum absolute atomic E-state index is 0.0417. The molecule has 13 heavy (non-hydrogen) atoms. The van der Waals surface area contributed by atoms with Crippen molar-refractivity contribution >= 4 is 29.0 Å². The van der Waals surface area contributed by atoms with Gasteiger partial charge in [0.05, 0.1) is 10.6 Å². The lowest BCUT2D eigenvalue weighted by Crippen LogP contribution is -2.00. The van der Waals surface area contributed by atoms with Crippen LogP contribution in [0.5, 0.6) is 0 Å². The molecule has 4 heteroatoms. The van der Waals surface area contributed by atoms with Gasteiger partial charge in [-0.3, -0.25) is 4.79 Å². The maximum Gasteiger partial charge on any atom is 0.165 e. The Morgan fingerprint density at radius 3 is 2.62 bits per heavy atom. The van der Waals surface area contributed by atoms with Crippen molar-refractivity contribution in [2.24, 2.45) is 0 Å². The van der Waals surface area contributed by atoms with E-state index in [-0.39, 0.29) is 27.8 Å². The maximum atomic E-state index is 13.2. The van der Waals surface area contributed by atoms with Gasteiger partial charge in [0.2, 0.25) is 0 Å². The molecule has 70 valence electrons. The highest BCUT2D eigenvalue weighted by Crippen LogP contribution is 2.24. The van der Waals surface area contributed by atoms with E-state index < -0.39 is 5.82 Å². The molecule has 1 nitrogen and oxygen atoms in total. The van der Waals surface area contributed by atoms with Gasteiger partial charge in [0.15, 0.2) is 11.6 Å². The number of hydrogen-bond donors (Lipinski definition) is 0. The predicted octanol–water partition coefficient (Wildman–Crippen LogP) is 3.73. The van der Waals surface area contributed by atoms with Crippen LogP contribution >= 0.6 is 23.2 Å². The average molecular weight is 221 g/mol. The summed E-state index contributed by atoms with van der Waals surface area (Å²) in [6.07, 6.45) is 0.230. The van der Waals surface area contributed by atoms with E-state index in [0.29, 0.717) is 0 Å². The van der Waals surface area contributed by atoms with Gasteiger partial charge in [-0.15, -0.1) is 0 Å². The number of ketones is 1. The molecule has 0 aliphatic heterocycles. The van der Waals surface area contributed by atoms with Gasteiger partial charge in [-0.05, 0) is 12.1 Å². The molecule has 0 N–H and O–H groups in total. The van der Waals surface area contributed by atoms with Crippen molar-refractivity contribution in [3.05, 3.63) is 33.6 Å². The first-order chi connectivity index (χ1) is 6.06. The van der Waals surface area contributed by atoms with Crippen molar-refractivity contribution in [2.75, 3.05) is 0 Å². The summed E-state index contributed by atoms with van der Waals surface area (Å²) in [6.45, 7) is 1.65. The topological polar surface area (TPSA) is 17.1 Å². The van der Waals surface area contributed by atoms with Gasteiger partial charge in [0.25, 0.3) is 0 Å². The standard InChI is InChI=1S/C9H7Cl2FO/c1-2-8(13)6-3-5(10)4-7(11)9(6)12/h3-4H,2H2,1H3. The SMILES string of the molecule is CCC(=O)c1cc(Cl)cc(Cl)c1F. The molecule has 0 bridgehead atoms. The molecule has 0 radical (unpaired) electrons. The molecule has 1 aromatic carbocycles. The first kappa shape index (κ1) is 10.5. The molecule has 0 saturated carbocycles. The van der Waals surface area contributed by atoms with Crippen molar-refractivity contribution < 1.29 is 9.18 Å². The molecular formula is C9H7Cl2FO. The van der Waals surface area contributed by atoms with E-state index in [1.165, 1.54) is 12.1 Å². The molecule has 1 rings (SSSR count). The fraction of sp³-hybridized carbons (Fsp3) is 0.222. The van der Waals surface area contributed by atoms with Crippen LogP contribution in [-0.2, 0) is 0 Å². The molecule has 1 aromatic rings. The van der Waals surface area contributed by atoms with Crippen molar-refractivity contribution in [1.29, 1.82) is 0 Å². The Bertz CT molecular complexity index is 350. The molecule has 0 fully saturated rings. The monoisotopic (exact) mass is 220 g/mol. The van der Waals surface area contributed by atoms with Gasteiger partial charge in [0, 0.05) is 11.4 Å². The van der Waals surface area contributed by atoms with Crippen molar-refractivity contribution in [1.82, 2.24) is 0 Å². The number of halogens is 3. The van der Waals surface area contributed by atoms with Crippen molar-refractivity contribution in [2.45, 2.75) is 13.3 Å². The number of benzene rings is 1. The highest BCUT2D eigenvalue weighted by Gasteiger charge is 2.13. The largest absolute Gasteiger partial charge is 0.294 e. The zero-order valence-electron chi connectivity index (χ0n) is 6.90. The summed E-state index contributed by atoms with van der Waals surface area (Å²) in [7, 11) is 0. The van der Waals surface area contributed by atoms with Crippen LogP contribution in [0, 0.1) is 5.82 Å². The van der Waals surface area contributed by atoms with Crippen LogP contribution < -0.4 is 0 Å². The van der Waals surface area contributed by atoms with E-state index in [0.717, 1.165) is 0 Å². The van der Waals surface area contributed by atoms with Crippen molar-refractivity contribution in [3.63, 3.8) is 0 Å². The molecule has 0 unspecified atom stereocenters. The molecule has 0 saturated heterocycles. The van der Waals surface area contributed by atoms with Gasteiger partial charge in [-0.1, -0.05) is 30.1 Å². The number of hydrogen-bond acceptors (Lipinski definition) is 1. The lowest BCUT2D eigenvalue weighted by Gasteiger charge is -2.02. The average Bonchev–Trinajstić information content (AvgIpc) is 2.10. The second kappa shape index (κ2) is 4.07. The number of rotatable bonds is 2. The zero-order chi connectivity index (χ0) is 10.0. The number of carbonyl (C=O) groups is 1. The Morgan fingerprint density at radius 1 is 1.46 bits per heavy atom. The van der Waals surface area contributed by atoms with Crippen LogP contribution in [0.15, 0.2) is 12.1 Å². The third-order valence-electron chi connectivity index (χ3n) is 1.61. The van der Waals surface area contributed by atoms with Crippen LogP contribution in [0.4, 0.5) is 4.39 Å². The van der Waals surface area contributed by atoms with Crippen LogP contribution in [0.2, 0.25) is 10.0 Å². The van der Waals surface area contributed by atoms with E-state index in [9.17, 15) is 9.18 Å². The first-order valence-electron chi connectivity index (χ1n) is 3.74. The van der Waals surface area contributed by atoms with Gasteiger partial charge < -0.3 is 0 Å². The summed E-state index contributed by atoms with van der Waals surface area (Å²) < 4.78 is 13.2. The van der Waals surface area contributed by atoms with Gasteiger partial charge in [0.1, 0.15) is 0 Å². The minimum atomic E-state index is -0.696. The third kappa shape index (κ3) is 2.20. The number of carbonyl (C=O) groups excluding carboxylic acids is 1. The third-order valence-corrected chi connectivity index (χ3v) is 2.11. The smallest absolute Gasteiger partial charge is 0.165 e. The molecule has 0 aliphatic rings. The zero-order valence-corrected chi connectivity index (χ0v) is 8.42. The number of Topliss-reactive ketones (excluding diaryl/α,β-unsaturated/α-hetero) is 1. The van der Waals surface area contributed by atoms with E-state index in [1.54, 1.807) is 6.92 Å². The molecule has 0 aliphatic carbocycles. The fourth-order valence-corrected chi connectivity index (χ4v) is 1.44. The Kier molecular flexibility index (Phi) is 3.28. The summed E-state index contributed by atoms with van der Waals surface area (Å²) in [5.41, 5.74) is -0.0417. The molecule has 0 heterocycles. The molecule has 0 atom stereocenters. The van der Waals surface area contributed by atoms with Crippen LogP contribution in [0.25, 0.3) is 0 Å². The normalized spacial score (nSPS) is 10.2. The maximum absolute atomic E-state index is 13.2. The molecule has 0 amide bonds. The lowest BCUT2D eigenvalue weighted by molar-refractivity contribution is 0.0984. The Balaban J connectivity index is 3.28. The fourth-order valence-electron chi connectivity index (χ4n) is 0.949. The Hall–Kier alpha value is -0.600. The van der Waals surface area contributed by atoms with Crippen LogP contribution in [0.1, 0.15) is 23.7 Å². The minimum Gasteiger partial charge on any atom is -0.294 e. The second-order valence-corrected chi connectivity index (χ2v) is 3.37. The first-order valence-corrected chi connectivity index (χ1v) is 4.49. The Labute approximate surface area is 85.5 Å². The Morgan fingerprint density at radius 2 is 2.08 bits per heavy atom. The van der Waals surface area contributed by atoms with Crippen LogP contribution in [0.3, 0.4) is 0 Å². The summed E-state index contributed by atoms with van der Waals surface area (Å²) in [5, 5.41) is 0.146. The summed E-state index contributed by atoms with van der Waals surface area (Å²) >= 11 is 11.1. The van der Waals surface area contributed by atoms with Gasteiger partial charge in [-0.2, -0.15) is 0 Å². The van der Waals surface area contributed by atoms with E-state index in [2.05, 4.69) is 0 Å². The van der Waals surface area contributed by atoms with Crippen molar-refractivity contribution in [3.8, 4) is 0 Å². The van der Waals surface area contributed by atoms with Gasteiger partial charge in [-0.25, -0.2) is 4.39 Å². The molecule has 0 spiro atoms. The van der Waals surface area contributed by atoms with E-state index >= 15 is 0 Å². The summed E-state index contributed by atoms with van der Waals surface area (Å²) in [5.74, 6) is -1.00. The highest BCUT2D eigenvalue weighted by atomic mass is 35.5. The lowest BCUT2D eigenvalue weighted by atomic mass is 10.1. The second-order valence-electron chi connectivity index (χ2n) is 2.53. The van der Waals surface area contributed by atoms with Crippen LogP contribution in [-0.4, -0.2) is 5.78 Å². The molecule has 0 aromatic heterocycles. The van der Waals surface area contributed by atoms with E-state index in [4.69, 9.17) is 23.2 Å². The van der Waals surface area contributed by atoms with E-state index in [1.807, 2.05) is 0 Å².